The normalized spacial score (nSPS) is 8.70. The summed E-state index contributed by atoms with van der Waals surface area (Å²) in [4.78, 5) is 20.8. The van der Waals surface area contributed by atoms with Gasteiger partial charge in [0.05, 0.1) is 11.9 Å². The van der Waals surface area contributed by atoms with Crippen molar-refractivity contribution in [2.75, 3.05) is 11.5 Å². The first-order valence-corrected chi connectivity index (χ1v) is 12.7. The standard InChI is InChI=1S/C8H17.2C2H4O2S.CH3.Sn/c1-4-5-6-7-8(2)3;2*3-2(4)1-5;;/h8H,1,4-7H2,2-3H3;2*5H,1H2,(H,3,4);1H3;/q;;;;+2/p-2. The van der Waals surface area contributed by atoms with Crippen molar-refractivity contribution < 1.29 is 19.8 Å². The van der Waals surface area contributed by atoms with Crippen LogP contribution in [0.1, 0.15) is 39.5 Å². The van der Waals surface area contributed by atoms with Crippen molar-refractivity contribution in [1.82, 2.24) is 0 Å². The summed E-state index contributed by atoms with van der Waals surface area (Å²) >= 11 is 6.85. The van der Waals surface area contributed by atoms with E-state index in [2.05, 4.69) is 44.0 Å². The van der Waals surface area contributed by atoms with E-state index in [4.69, 9.17) is 0 Å². The number of carbonyl (C=O) groups is 2. The Morgan fingerprint density at radius 3 is 1.65 bits per heavy atom. The molecule has 0 bridgehead atoms. The van der Waals surface area contributed by atoms with Crippen LogP contribution in [0.2, 0.25) is 9.38 Å². The molecular weight excluding hydrogens is 403 g/mol. The topological polar surface area (TPSA) is 80.3 Å². The molecule has 20 heavy (non-hydrogen) atoms. The van der Waals surface area contributed by atoms with Crippen LogP contribution in [0.5, 0.6) is 0 Å². The second kappa shape index (κ2) is 21.7. The molecule has 0 radical (unpaired) electrons. The van der Waals surface area contributed by atoms with E-state index in [-0.39, 0.29) is 32.6 Å². The van der Waals surface area contributed by atoms with Crippen molar-refractivity contribution in [3.8, 4) is 0 Å². The van der Waals surface area contributed by atoms with Crippen LogP contribution in [0.4, 0.5) is 0 Å². The van der Waals surface area contributed by atoms with Gasteiger partial charge in [0.15, 0.2) is 0 Å². The Morgan fingerprint density at radius 1 is 1.00 bits per heavy atom. The zero-order chi connectivity index (χ0) is 16.4. The molecular formula is C13H26O4S2Sn. The molecule has 0 aliphatic carbocycles. The first-order valence-electron chi connectivity index (χ1n) is 6.57. The third-order valence-corrected chi connectivity index (χ3v) is 4.92. The van der Waals surface area contributed by atoms with Crippen molar-refractivity contribution in [3.05, 3.63) is 0 Å². The molecule has 0 spiro atoms. The van der Waals surface area contributed by atoms with Crippen LogP contribution in [-0.4, -0.2) is 44.6 Å². The average Bonchev–Trinajstić information content (AvgIpc) is 2.39. The second-order valence-corrected chi connectivity index (χ2v) is 8.48. The van der Waals surface area contributed by atoms with Gasteiger partial charge in [0.25, 0.3) is 0 Å². The van der Waals surface area contributed by atoms with E-state index in [0.29, 0.717) is 0 Å². The monoisotopic (exact) mass is 430 g/mol. The van der Waals surface area contributed by atoms with Gasteiger partial charge >= 0.3 is 76.0 Å². The summed E-state index contributed by atoms with van der Waals surface area (Å²) in [5.41, 5.74) is 0. The summed E-state index contributed by atoms with van der Waals surface area (Å²) in [6.45, 7) is 4.63. The predicted octanol–water partition coefficient (Wildman–Crippen LogP) is 0.706. The van der Waals surface area contributed by atoms with E-state index in [1.54, 1.807) is 4.44 Å². The van der Waals surface area contributed by atoms with E-state index >= 15 is 0 Å². The molecule has 118 valence electrons. The molecule has 0 N–H and O–H groups in total. The molecule has 0 unspecified atom stereocenters. The predicted molar refractivity (Wildman–Crippen MR) is 87.5 cm³/mol. The minimum atomic E-state index is -1.13. The van der Waals surface area contributed by atoms with Gasteiger partial charge in [-0.05, 0) is 0 Å². The Morgan fingerprint density at radius 2 is 1.40 bits per heavy atom. The minimum absolute atomic E-state index is 0.144. The summed E-state index contributed by atoms with van der Waals surface area (Å²) in [7, 11) is 0. The van der Waals surface area contributed by atoms with Crippen LogP contribution in [-0.2, 0) is 9.59 Å². The molecule has 0 aliphatic rings. The molecule has 0 saturated heterocycles. The number of hydrogen-bond acceptors (Lipinski definition) is 6. The number of carbonyl (C=O) groups excluding carboxylic acids is 2. The van der Waals surface area contributed by atoms with E-state index in [9.17, 15) is 19.8 Å². The summed E-state index contributed by atoms with van der Waals surface area (Å²) < 4.78 is 1.60. The molecule has 0 aliphatic heterocycles. The summed E-state index contributed by atoms with van der Waals surface area (Å²) in [6, 6.07) is 0. The first kappa shape index (κ1) is 25.4. The fourth-order valence-electron chi connectivity index (χ4n) is 1.03. The molecule has 7 heteroatoms. The molecule has 0 atom stereocenters. The maximum atomic E-state index is 9.18. The van der Waals surface area contributed by atoms with Gasteiger partial charge in [-0.1, -0.05) is 0 Å². The first-order chi connectivity index (χ1) is 9.31. The van der Waals surface area contributed by atoms with Crippen molar-refractivity contribution in [1.29, 1.82) is 0 Å². The van der Waals surface area contributed by atoms with Crippen LogP contribution in [0.3, 0.4) is 0 Å². The molecule has 0 aromatic rings. The Hall–Kier alpha value is 0.439. The number of thiol groups is 2. The fourth-order valence-corrected chi connectivity index (χ4v) is 2.75. The van der Waals surface area contributed by atoms with Gasteiger partial charge < -0.3 is 19.8 Å². The average molecular weight is 429 g/mol. The van der Waals surface area contributed by atoms with Gasteiger partial charge in [-0.3, -0.25) is 0 Å². The number of aliphatic carboxylic acids is 2. The van der Waals surface area contributed by atoms with Gasteiger partial charge in [-0.15, -0.1) is 0 Å². The Bertz CT molecular complexity index is 212. The van der Waals surface area contributed by atoms with Gasteiger partial charge in [0, 0.05) is 11.5 Å². The van der Waals surface area contributed by atoms with Crippen molar-refractivity contribution in [3.63, 3.8) is 0 Å². The van der Waals surface area contributed by atoms with Crippen molar-refractivity contribution >= 4 is 58.3 Å². The zero-order valence-electron chi connectivity index (χ0n) is 12.6. The van der Waals surface area contributed by atoms with E-state index < -0.39 is 11.9 Å². The Kier molecular flexibility index (Phi) is 27.6. The van der Waals surface area contributed by atoms with Crippen LogP contribution >= 0.6 is 25.3 Å². The SMILES string of the molecule is O=C([O-])CS.O=C([O-])CS.[CH3][Sn+2][CH2]CCCCC(C)C. The van der Waals surface area contributed by atoms with Crippen molar-refractivity contribution in [2.24, 2.45) is 5.92 Å². The van der Waals surface area contributed by atoms with Crippen LogP contribution in [0, 0.1) is 5.92 Å². The number of unbranched alkanes of at least 4 members (excludes halogenated alkanes) is 2. The summed E-state index contributed by atoms with van der Waals surface area (Å²) in [6.07, 6.45) is 5.92. The molecule has 0 saturated carbocycles. The zero-order valence-corrected chi connectivity index (χ0v) is 17.2. The van der Waals surface area contributed by atoms with Gasteiger partial charge in [-0.25, -0.2) is 0 Å². The number of carboxylic acids is 2. The summed E-state index contributed by atoms with van der Waals surface area (Å²) in [5.74, 6) is -1.73. The fraction of sp³-hybridized carbons (Fsp3) is 0.846. The molecule has 0 fully saturated rings. The molecule has 0 heterocycles. The third-order valence-electron chi connectivity index (χ3n) is 1.97. The van der Waals surface area contributed by atoms with Gasteiger partial charge in [0.1, 0.15) is 0 Å². The Labute approximate surface area is 144 Å². The van der Waals surface area contributed by atoms with E-state index in [0.717, 1.165) is 5.92 Å². The third kappa shape index (κ3) is 42.9. The molecule has 4 nitrogen and oxygen atoms in total. The van der Waals surface area contributed by atoms with Gasteiger partial charge in [0.2, 0.25) is 0 Å². The second-order valence-electron chi connectivity index (χ2n) is 4.41. The van der Waals surface area contributed by atoms with E-state index in [1.165, 1.54) is 25.7 Å². The Balaban J connectivity index is -0.000000244. The maximum absolute atomic E-state index is 9.18. The molecule has 0 rings (SSSR count). The molecule has 0 aromatic carbocycles. The van der Waals surface area contributed by atoms with Gasteiger partial charge in [-0.2, -0.15) is 25.3 Å². The van der Waals surface area contributed by atoms with Crippen LogP contribution in [0.15, 0.2) is 0 Å². The van der Waals surface area contributed by atoms with E-state index in [1.807, 2.05) is 0 Å². The molecule has 0 aromatic heterocycles. The summed E-state index contributed by atoms with van der Waals surface area (Å²) in [5, 5.41) is 18.4. The molecule has 0 amide bonds. The number of rotatable bonds is 8. The van der Waals surface area contributed by atoms with Crippen LogP contribution in [0.25, 0.3) is 0 Å². The van der Waals surface area contributed by atoms with Crippen LogP contribution < -0.4 is 10.2 Å². The number of carboxylic acid groups (broad SMARTS) is 2. The number of hydrogen-bond donors (Lipinski definition) is 2. The van der Waals surface area contributed by atoms with Crippen molar-refractivity contribution in [2.45, 2.75) is 48.9 Å². The quantitative estimate of drug-likeness (QED) is 0.339.